The molecule has 1 aromatic heterocycles. The Bertz CT molecular complexity index is 1380. The maximum atomic E-state index is 13.5. The van der Waals surface area contributed by atoms with E-state index in [4.69, 9.17) is 4.98 Å². The molecule has 0 unspecified atom stereocenters. The topological polar surface area (TPSA) is 75.5 Å². The van der Waals surface area contributed by atoms with Gasteiger partial charge in [0.25, 0.3) is 10.0 Å². The molecule has 0 saturated heterocycles. The van der Waals surface area contributed by atoms with Crippen LogP contribution in [0.25, 0.3) is 11.0 Å². The lowest BCUT2D eigenvalue weighted by Gasteiger charge is -2.22. The predicted molar refractivity (Wildman–Crippen MR) is 120 cm³/mol. The number of fused-ring (bicyclic) bond motifs is 1. The number of hydrazone groups is 1. The lowest BCUT2D eigenvalue weighted by Crippen LogP contribution is -2.28. The standard InChI is InChI=1S/C24H20N4O2S/c1-17-11-13-19(14-12-17)31(29,30)28-24(15-22(27-28)18-7-3-2-4-8-18)23-16-25-20-9-5-6-10-21(20)26-23/h2-14,16,24H,15H2,1H3/t24-/m0/s1. The summed E-state index contributed by atoms with van der Waals surface area (Å²) in [5.41, 5.74) is 4.65. The fourth-order valence-corrected chi connectivity index (χ4v) is 5.11. The quantitative estimate of drug-likeness (QED) is 0.480. The minimum Gasteiger partial charge on any atom is -0.253 e. The molecular weight excluding hydrogens is 408 g/mol. The fourth-order valence-electron chi connectivity index (χ4n) is 3.69. The average Bonchev–Trinajstić information content (AvgIpc) is 3.26. The Labute approximate surface area is 181 Å². The molecule has 0 spiro atoms. The van der Waals surface area contributed by atoms with E-state index in [-0.39, 0.29) is 4.90 Å². The van der Waals surface area contributed by atoms with E-state index < -0.39 is 16.1 Å². The highest BCUT2D eigenvalue weighted by atomic mass is 32.2. The van der Waals surface area contributed by atoms with Crippen molar-refractivity contribution in [1.29, 1.82) is 0 Å². The van der Waals surface area contributed by atoms with E-state index in [1.165, 1.54) is 4.41 Å². The van der Waals surface area contributed by atoms with Crippen LogP contribution in [0.5, 0.6) is 0 Å². The van der Waals surface area contributed by atoms with Gasteiger partial charge in [0.05, 0.1) is 33.5 Å². The number of nitrogens with zero attached hydrogens (tertiary/aromatic N) is 4. The van der Waals surface area contributed by atoms with Crippen LogP contribution in [-0.4, -0.2) is 28.5 Å². The molecule has 3 aromatic carbocycles. The first-order valence-corrected chi connectivity index (χ1v) is 11.4. The van der Waals surface area contributed by atoms with Crippen molar-refractivity contribution in [3.8, 4) is 0 Å². The number of rotatable bonds is 4. The van der Waals surface area contributed by atoms with Crippen LogP contribution in [0.4, 0.5) is 0 Å². The molecule has 1 atom stereocenters. The van der Waals surface area contributed by atoms with Gasteiger partial charge >= 0.3 is 0 Å². The van der Waals surface area contributed by atoms with Gasteiger partial charge in [0.1, 0.15) is 6.04 Å². The molecule has 0 aliphatic carbocycles. The second kappa shape index (κ2) is 7.59. The van der Waals surface area contributed by atoms with Crippen LogP contribution in [0.2, 0.25) is 0 Å². The molecule has 154 valence electrons. The lowest BCUT2D eigenvalue weighted by atomic mass is 10.0. The summed E-state index contributed by atoms with van der Waals surface area (Å²) in [5, 5.41) is 4.56. The Morgan fingerprint density at radius 1 is 0.871 bits per heavy atom. The summed E-state index contributed by atoms with van der Waals surface area (Å²) in [7, 11) is -3.87. The molecule has 7 heteroatoms. The SMILES string of the molecule is Cc1ccc(S(=O)(=O)N2N=C(c3ccccc3)C[C@H]2c2cnc3ccccc3n2)cc1. The number of hydrogen-bond donors (Lipinski definition) is 0. The number of para-hydroxylation sites is 2. The van der Waals surface area contributed by atoms with E-state index in [1.807, 2.05) is 61.5 Å². The highest BCUT2D eigenvalue weighted by molar-refractivity contribution is 7.89. The minimum absolute atomic E-state index is 0.204. The third-order valence-corrected chi connectivity index (χ3v) is 7.05. The van der Waals surface area contributed by atoms with E-state index >= 15 is 0 Å². The maximum Gasteiger partial charge on any atom is 0.279 e. The van der Waals surface area contributed by atoms with Gasteiger partial charge in [-0.05, 0) is 36.8 Å². The first-order chi connectivity index (χ1) is 15.0. The van der Waals surface area contributed by atoms with Crippen LogP contribution in [0, 0.1) is 6.92 Å². The van der Waals surface area contributed by atoms with Gasteiger partial charge in [-0.2, -0.15) is 17.9 Å². The van der Waals surface area contributed by atoms with Gasteiger partial charge in [-0.25, -0.2) is 4.98 Å². The largest absolute Gasteiger partial charge is 0.279 e. The van der Waals surface area contributed by atoms with Gasteiger partial charge in [-0.1, -0.05) is 60.2 Å². The van der Waals surface area contributed by atoms with Crippen LogP contribution in [0.3, 0.4) is 0 Å². The van der Waals surface area contributed by atoms with Crippen molar-refractivity contribution in [3.05, 3.63) is 102 Å². The summed E-state index contributed by atoms with van der Waals surface area (Å²) >= 11 is 0. The normalized spacial score (nSPS) is 16.5. The van der Waals surface area contributed by atoms with Crippen molar-refractivity contribution in [2.75, 3.05) is 0 Å². The fraction of sp³-hybridized carbons (Fsp3) is 0.125. The maximum absolute atomic E-state index is 13.5. The number of aromatic nitrogens is 2. The van der Waals surface area contributed by atoms with Crippen LogP contribution in [0.15, 0.2) is 95.1 Å². The zero-order chi connectivity index (χ0) is 21.4. The monoisotopic (exact) mass is 428 g/mol. The number of benzene rings is 3. The number of aryl methyl sites for hydroxylation is 1. The predicted octanol–water partition coefficient (Wildman–Crippen LogP) is 4.48. The first-order valence-electron chi connectivity index (χ1n) is 9.98. The van der Waals surface area contributed by atoms with Crippen molar-refractivity contribution in [2.45, 2.75) is 24.3 Å². The first kappa shape index (κ1) is 19.4. The van der Waals surface area contributed by atoms with Gasteiger partial charge in [-0.15, -0.1) is 0 Å². The smallest absolute Gasteiger partial charge is 0.253 e. The van der Waals surface area contributed by atoms with Crippen molar-refractivity contribution in [1.82, 2.24) is 14.4 Å². The summed E-state index contributed by atoms with van der Waals surface area (Å²) in [5.74, 6) is 0. The Kier molecular flexibility index (Phi) is 4.75. The lowest BCUT2D eigenvalue weighted by molar-refractivity contribution is 0.365. The van der Waals surface area contributed by atoms with E-state index in [0.717, 1.165) is 22.2 Å². The molecule has 0 fully saturated rings. The van der Waals surface area contributed by atoms with E-state index in [9.17, 15) is 8.42 Å². The van der Waals surface area contributed by atoms with Gasteiger partial charge in [0.15, 0.2) is 0 Å². The Balaban J connectivity index is 1.62. The summed E-state index contributed by atoms with van der Waals surface area (Å²) in [6.45, 7) is 1.92. The Hall–Kier alpha value is -3.58. The summed E-state index contributed by atoms with van der Waals surface area (Å²) in [6, 6.07) is 23.4. The second-order valence-electron chi connectivity index (χ2n) is 7.51. The van der Waals surface area contributed by atoms with Gasteiger partial charge in [-0.3, -0.25) is 4.98 Å². The zero-order valence-corrected chi connectivity index (χ0v) is 17.7. The number of sulfonamides is 1. The third-order valence-electron chi connectivity index (χ3n) is 5.35. The molecule has 31 heavy (non-hydrogen) atoms. The van der Waals surface area contributed by atoms with E-state index in [2.05, 4.69) is 10.1 Å². The van der Waals surface area contributed by atoms with Crippen LogP contribution in [0.1, 0.15) is 29.3 Å². The third kappa shape index (κ3) is 3.57. The second-order valence-corrected chi connectivity index (χ2v) is 9.30. The van der Waals surface area contributed by atoms with Crippen molar-refractivity contribution < 1.29 is 8.42 Å². The molecule has 4 aromatic rings. The van der Waals surface area contributed by atoms with Crippen LogP contribution < -0.4 is 0 Å². The molecule has 0 saturated carbocycles. The average molecular weight is 429 g/mol. The molecule has 0 radical (unpaired) electrons. The van der Waals surface area contributed by atoms with Gasteiger partial charge < -0.3 is 0 Å². The highest BCUT2D eigenvalue weighted by Gasteiger charge is 2.38. The van der Waals surface area contributed by atoms with Crippen molar-refractivity contribution in [2.24, 2.45) is 5.10 Å². The Morgan fingerprint density at radius 3 is 2.29 bits per heavy atom. The molecular formula is C24H20N4O2S. The minimum atomic E-state index is -3.87. The zero-order valence-electron chi connectivity index (χ0n) is 16.9. The molecule has 1 aliphatic rings. The summed E-state index contributed by atoms with van der Waals surface area (Å²) < 4.78 is 28.3. The number of hydrogen-bond acceptors (Lipinski definition) is 5. The molecule has 1 aliphatic heterocycles. The van der Waals surface area contributed by atoms with Crippen molar-refractivity contribution >= 4 is 26.8 Å². The summed E-state index contributed by atoms with van der Waals surface area (Å²) in [4.78, 5) is 9.41. The molecule has 5 rings (SSSR count). The molecule has 0 amide bonds. The van der Waals surface area contributed by atoms with Crippen LogP contribution >= 0.6 is 0 Å². The Morgan fingerprint density at radius 2 is 1.55 bits per heavy atom. The van der Waals surface area contributed by atoms with Crippen LogP contribution in [-0.2, 0) is 10.0 Å². The molecule has 2 heterocycles. The molecule has 0 bridgehead atoms. The van der Waals surface area contributed by atoms with Gasteiger partial charge in [0, 0.05) is 6.42 Å². The summed E-state index contributed by atoms with van der Waals surface area (Å²) in [6.07, 6.45) is 2.07. The van der Waals surface area contributed by atoms with Crippen molar-refractivity contribution in [3.63, 3.8) is 0 Å². The highest BCUT2D eigenvalue weighted by Crippen LogP contribution is 2.36. The molecule has 6 nitrogen and oxygen atoms in total. The van der Waals surface area contributed by atoms with Gasteiger partial charge in [0.2, 0.25) is 0 Å². The van der Waals surface area contributed by atoms with E-state index in [1.54, 1.807) is 30.5 Å². The van der Waals surface area contributed by atoms with E-state index in [0.29, 0.717) is 17.8 Å². The molecule has 0 N–H and O–H groups in total.